The summed E-state index contributed by atoms with van der Waals surface area (Å²) in [6, 6.07) is 8.39. The number of methoxy groups -OCH3 is 2. The lowest BCUT2D eigenvalue weighted by Gasteiger charge is -2.12. The number of halogens is 1. The van der Waals surface area contributed by atoms with Crippen molar-refractivity contribution in [2.45, 2.75) is 13.5 Å². The summed E-state index contributed by atoms with van der Waals surface area (Å²) in [6.45, 7) is 2.17. The number of phenolic OH excluding ortho intramolecular Hbond substituents is 1. The Labute approximate surface area is 123 Å². The van der Waals surface area contributed by atoms with Crippen LogP contribution < -0.4 is 14.8 Å². The van der Waals surface area contributed by atoms with Crippen LogP contribution in [0.3, 0.4) is 0 Å². The molecule has 0 saturated heterocycles. The van der Waals surface area contributed by atoms with Gasteiger partial charge in [0.25, 0.3) is 0 Å². The zero-order valence-electron chi connectivity index (χ0n) is 12.2. The Morgan fingerprint density at radius 1 is 1.10 bits per heavy atom. The Morgan fingerprint density at radius 3 is 2.24 bits per heavy atom. The van der Waals surface area contributed by atoms with Crippen LogP contribution >= 0.6 is 0 Å². The zero-order valence-corrected chi connectivity index (χ0v) is 12.2. The first-order valence-electron chi connectivity index (χ1n) is 6.49. The first-order chi connectivity index (χ1) is 10.0. The SMILES string of the molecule is COc1cc(CNc2ccc(C)c(F)c2)cc(OC)c1O. The average Bonchev–Trinajstić information content (AvgIpc) is 2.49. The highest BCUT2D eigenvalue weighted by Gasteiger charge is 2.11. The van der Waals surface area contributed by atoms with E-state index in [1.54, 1.807) is 25.1 Å². The standard InChI is InChI=1S/C16H18FNO3/c1-10-4-5-12(8-13(10)17)18-9-11-6-14(20-2)16(19)15(7-11)21-3/h4-8,18-19H,9H2,1-3H3. The lowest BCUT2D eigenvalue weighted by atomic mass is 10.1. The molecule has 2 aromatic carbocycles. The van der Waals surface area contributed by atoms with Crippen molar-refractivity contribution >= 4 is 5.69 Å². The van der Waals surface area contributed by atoms with Gasteiger partial charge in [-0.05, 0) is 42.3 Å². The highest BCUT2D eigenvalue weighted by atomic mass is 19.1. The van der Waals surface area contributed by atoms with E-state index in [0.717, 1.165) is 5.56 Å². The van der Waals surface area contributed by atoms with Crippen molar-refractivity contribution in [2.24, 2.45) is 0 Å². The average molecular weight is 291 g/mol. The molecule has 0 heterocycles. The molecule has 4 nitrogen and oxygen atoms in total. The monoisotopic (exact) mass is 291 g/mol. The Hall–Kier alpha value is -2.43. The predicted octanol–water partition coefficient (Wildman–Crippen LogP) is 3.47. The van der Waals surface area contributed by atoms with Crippen LogP contribution in [0.1, 0.15) is 11.1 Å². The smallest absolute Gasteiger partial charge is 0.200 e. The molecule has 0 radical (unpaired) electrons. The third-order valence-electron chi connectivity index (χ3n) is 3.21. The summed E-state index contributed by atoms with van der Waals surface area (Å²) in [6.07, 6.45) is 0. The van der Waals surface area contributed by atoms with E-state index in [1.165, 1.54) is 20.3 Å². The molecule has 2 aromatic rings. The molecule has 5 heteroatoms. The summed E-state index contributed by atoms with van der Waals surface area (Å²) in [4.78, 5) is 0. The van der Waals surface area contributed by atoms with Crippen molar-refractivity contribution < 1.29 is 19.0 Å². The number of rotatable bonds is 5. The van der Waals surface area contributed by atoms with E-state index in [4.69, 9.17) is 9.47 Å². The molecule has 0 aromatic heterocycles. The van der Waals surface area contributed by atoms with Gasteiger partial charge in [-0.15, -0.1) is 0 Å². The minimum Gasteiger partial charge on any atom is -0.502 e. The number of nitrogens with one attached hydrogen (secondary N) is 1. The molecule has 0 fully saturated rings. The third kappa shape index (κ3) is 3.37. The molecule has 0 aliphatic rings. The molecular formula is C16H18FNO3. The Morgan fingerprint density at radius 2 is 1.71 bits per heavy atom. The number of ether oxygens (including phenoxy) is 2. The maximum atomic E-state index is 13.5. The van der Waals surface area contributed by atoms with Gasteiger partial charge in [-0.3, -0.25) is 0 Å². The minimum absolute atomic E-state index is 0.0369. The van der Waals surface area contributed by atoms with E-state index in [2.05, 4.69) is 5.32 Å². The van der Waals surface area contributed by atoms with Crippen LogP contribution in [0.25, 0.3) is 0 Å². The summed E-state index contributed by atoms with van der Waals surface area (Å²) >= 11 is 0. The second kappa shape index (κ2) is 6.35. The first kappa shape index (κ1) is 15.0. The van der Waals surface area contributed by atoms with Gasteiger partial charge >= 0.3 is 0 Å². The van der Waals surface area contributed by atoms with Gasteiger partial charge in [-0.1, -0.05) is 6.07 Å². The maximum absolute atomic E-state index is 13.5. The van der Waals surface area contributed by atoms with E-state index in [-0.39, 0.29) is 11.6 Å². The van der Waals surface area contributed by atoms with Gasteiger partial charge in [0.1, 0.15) is 5.82 Å². The minimum atomic E-state index is -0.249. The number of aryl methyl sites for hydroxylation is 1. The molecule has 0 aliphatic heterocycles. The van der Waals surface area contributed by atoms with Gasteiger partial charge in [0.2, 0.25) is 5.75 Å². The number of benzene rings is 2. The number of aromatic hydroxyl groups is 1. The number of hydrogen-bond acceptors (Lipinski definition) is 4. The van der Waals surface area contributed by atoms with Crippen molar-refractivity contribution in [1.29, 1.82) is 0 Å². The fourth-order valence-electron chi connectivity index (χ4n) is 1.96. The van der Waals surface area contributed by atoms with Gasteiger partial charge in [0.15, 0.2) is 11.5 Å². The fourth-order valence-corrected chi connectivity index (χ4v) is 1.96. The molecule has 0 atom stereocenters. The summed E-state index contributed by atoms with van der Waals surface area (Å²) in [5.74, 6) is 0.383. The highest BCUT2D eigenvalue weighted by molar-refractivity contribution is 5.54. The van der Waals surface area contributed by atoms with Crippen LogP contribution in [0.15, 0.2) is 30.3 Å². The van der Waals surface area contributed by atoms with Crippen LogP contribution in [-0.4, -0.2) is 19.3 Å². The van der Waals surface area contributed by atoms with Crippen molar-refractivity contribution in [2.75, 3.05) is 19.5 Å². The summed E-state index contributed by atoms with van der Waals surface area (Å²) < 4.78 is 23.7. The van der Waals surface area contributed by atoms with E-state index in [9.17, 15) is 9.50 Å². The predicted molar refractivity (Wildman–Crippen MR) is 79.7 cm³/mol. The fraction of sp³-hybridized carbons (Fsp3) is 0.250. The maximum Gasteiger partial charge on any atom is 0.200 e. The van der Waals surface area contributed by atoms with Crippen LogP contribution in [0.4, 0.5) is 10.1 Å². The third-order valence-corrected chi connectivity index (χ3v) is 3.21. The Balaban J connectivity index is 2.17. The number of phenols is 1. The normalized spacial score (nSPS) is 10.3. The number of hydrogen-bond donors (Lipinski definition) is 2. The van der Waals surface area contributed by atoms with Gasteiger partial charge in [-0.2, -0.15) is 0 Å². The molecule has 0 saturated carbocycles. The molecule has 112 valence electrons. The van der Waals surface area contributed by atoms with Crippen molar-refractivity contribution in [3.8, 4) is 17.2 Å². The quantitative estimate of drug-likeness (QED) is 0.885. The summed E-state index contributed by atoms with van der Waals surface area (Å²) in [7, 11) is 2.95. The molecule has 2 rings (SSSR count). The molecule has 21 heavy (non-hydrogen) atoms. The van der Waals surface area contributed by atoms with Crippen LogP contribution in [0.5, 0.6) is 17.2 Å². The van der Waals surface area contributed by atoms with Gasteiger partial charge in [0.05, 0.1) is 14.2 Å². The van der Waals surface area contributed by atoms with E-state index >= 15 is 0 Å². The topological polar surface area (TPSA) is 50.7 Å². The molecule has 0 amide bonds. The van der Waals surface area contributed by atoms with Gasteiger partial charge < -0.3 is 19.9 Å². The summed E-state index contributed by atoms with van der Waals surface area (Å²) in [5.41, 5.74) is 2.14. The number of anilines is 1. The van der Waals surface area contributed by atoms with Crippen LogP contribution in [0, 0.1) is 12.7 Å². The van der Waals surface area contributed by atoms with Crippen molar-refractivity contribution in [1.82, 2.24) is 0 Å². The lowest BCUT2D eigenvalue weighted by Crippen LogP contribution is -2.01. The zero-order chi connectivity index (χ0) is 15.4. The molecule has 2 N–H and O–H groups in total. The van der Waals surface area contributed by atoms with Gasteiger partial charge in [-0.25, -0.2) is 4.39 Å². The summed E-state index contributed by atoms with van der Waals surface area (Å²) in [5, 5.41) is 13.0. The lowest BCUT2D eigenvalue weighted by molar-refractivity contribution is 0.339. The molecule has 0 spiro atoms. The molecule has 0 aliphatic carbocycles. The second-order valence-corrected chi connectivity index (χ2v) is 4.67. The Kier molecular flexibility index (Phi) is 4.52. The highest BCUT2D eigenvalue weighted by Crippen LogP contribution is 2.37. The molecule has 0 bridgehead atoms. The molecular weight excluding hydrogens is 273 g/mol. The van der Waals surface area contributed by atoms with Crippen LogP contribution in [0.2, 0.25) is 0 Å². The molecule has 0 unspecified atom stereocenters. The van der Waals surface area contributed by atoms with E-state index < -0.39 is 0 Å². The Bertz CT molecular complexity index is 618. The van der Waals surface area contributed by atoms with Crippen molar-refractivity contribution in [3.05, 3.63) is 47.3 Å². The van der Waals surface area contributed by atoms with Gasteiger partial charge in [0, 0.05) is 12.2 Å². The van der Waals surface area contributed by atoms with Crippen molar-refractivity contribution in [3.63, 3.8) is 0 Å². The first-order valence-corrected chi connectivity index (χ1v) is 6.49. The largest absolute Gasteiger partial charge is 0.502 e. The second-order valence-electron chi connectivity index (χ2n) is 4.67. The van der Waals surface area contributed by atoms with E-state index in [1.807, 2.05) is 6.07 Å². The van der Waals surface area contributed by atoms with E-state index in [0.29, 0.717) is 29.3 Å². The van der Waals surface area contributed by atoms with Crippen LogP contribution in [-0.2, 0) is 6.54 Å².